The topological polar surface area (TPSA) is 98.6 Å². The minimum absolute atomic E-state index is 0.118. The van der Waals surface area contributed by atoms with Gasteiger partial charge in [0.05, 0.1) is 18.7 Å². The first-order valence-electron chi connectivity index (χ1n) is 10.1. The summed E-state index contributed by atoms with van der Waals surface area (Å²) in [6.07, 6.45) is 0. The molecular formula is C22H26FN5O4. The predicted octanol–water partition coefficient (Wildman–Crippen LogP) is 1.55. The summed E-state index contributed by atoms with van der Waals surface area (Å²) < 4.78 is 25.2. The molecule has 32 heavy (non-hydrogen) atoms. The molecular weight excluding hydrogens is 417 g/mol. The zero-order valence-corrected chi connectivity index (χ0v) is 18.0. The van der Waals surface area contributed by atoms with Gasteiger partial charge in [-0.2, -0.15) is 0 Å². The van der Waals surface area contributed by atoms with E-state index in [1.54, 1.807) is 6.07 Å². The fourth-order valence-corrected chi connectivity index (χ4v) is 3.33. The minimum atomic E-state index is -0.982. The first kappa shape index (κ1) is 23.3. The van der Waals surface area contributed by atoms with Gasteiger partial charge in [-0.05, 0) is 29.8 Å². The largest absolute Gasteiger partial charge is 0.383 e. The van der Waals surface area contributed by atoms with Crippen LogP contribution in [0.15, 0.2) is 48.5 Å². The number of amides is 2. The molecule has 0 saturated heterocycles. The van der Waals surface area contributed by atoms with E-state index in [9.17, 15) is 14.0 Å². The predicted molar refractivity (Wildman–Crippen MR) is 115 cm³/mol. The van der Waals surface area contributed by atoms with Crippen molar-refractivity contribution in [2.45, 2.75) is 12.6 Å². The number of hydrogen-bond donors (Lipinski definition) is 1. The third-order valence-electron chi connectivity index (χ3n) is 4.91. The van der Waals surface area contributed by atoms with Crippen molar-refractivity contribution in [3.63, 3.8) is 0 Å². The smallest absolute Gasteiger partial charge is 0.247 e. The van der Waals surface area contributed by atoms with E-state index in [-0.39, 0.29) is 32.1 Å². The fourth-order valence-electron chi connectivity index (χ4n) is 3.33. The van der Waals surface area contributed by atoms with Gasteiger partial charge in [-0.1, -0.05) is 29.5 Å². The van der Waals surface area contributed by atoms with E-state index in [2.05, 4.69) is 15.6 Å². The van der Waals surface area contributed by atoms with Gasteiger partial charge >= 0.3 is 0 Å². The van der Waals surface area contributed by atoms with Crippen molar-refractivity contribution in [2.75, 3.05) is 40.5 Å². The fraction of sp³-hybridized carbons (Fsp3) is 0.364. The van der Waals surface area contributed by atoms with E-state index in [0.717, 1.165) is 0 Å². The highest BCUT2D eigenvalue weighted by molar-refractivity contribution is 5.89. The van der Waals surface area contributed by atoms with Crippen LogP contribution in [0.25, 0.3) is 11.0 Å². The number of methoxy groups -OCH3 is 2. The maximum atomic E-state index is 13.5. The van der Waals surface area contributed by atoms with E-state index in [4.69, 9.17) is 9.47 Å². The molecule has 3 rings (SSSR count). The summed E-state index contributed by atoms with van der Waals surface area (Å²) in [4.78, 5) is 27.9. The quantitative estimate of drug-likeness (QED) is 0.452. The number of fused-ring (bicyclic) bond motifs is 1. The van der Waals surface area contributed by atoms with Gasteiger partial charge in [0.1, 0.15) is 23.9 Å². The number of carbonyl (C=O) groups excluding carboxylic acids is 2. The zero-order valence-electron chi connectivity index (χ0n) is 18.0. The van der Waals surface area contributed by atoms with Crippen LogP contribution in [0, 0.1) is 5.82 Å². The molecule has 3 aromatic rings. The van der Waals surface area contributed by atoms with E-state index in [1.165, 1.54) is 48.1 Å². The van der Waals surface area contributed by atoms with Crippen molar-refractivity contribution in [3.05, 3.63) is 59.9 Å². The first-order chi connectivity index (χ1) is 15.5. The Morgan fingerprint density at radius 1 is 1.09 bits per heavy atom. The van der Waals surface area contributed by atoms with Crippen molar-refractivity contribution in [3.8, 4) is 0 Å². The lowest BCUT2D eigenvalue weighted by Gasteiger charge is -2.31. The Labute approximate surface area is 185 Å². The molecule has 0 aliphatic heterocycles. The third-order valence-corrected chi connectivity index (χ3v) is 4.91. The van der Waals surface area contributed by atoms with Crippen molar-refractivity contribution in [2.24, 2.45) is 0 Å². The molecule has 0 spiro atoms. The van der Waals surface area contributed by atoms with Crippen LogP contribution in [-0.2, 0) is 25.6 Å². The SMILES string of the molecule is COCCNC(=O)[C@H](c1ccc(F)cc1)N(CCOC)C(=O)Cn1nnc2ccccc21. The molecule has 0 unspecified atom stereocenters. The molecule has 0 aliphatic carbocycles. The van der Waals surface area contributed by atoms with Crippen molar-refractivity contribution < 1.29 is 23.5 Å². The Balaban J connectivity index is 1.92. The number of aromatic nitrogens is 3. The van der Waals surface area contributed by atoms with Gasteiger partial charge in [0.2, 0.25) is 11.8 Å². The first-order valence-corrected chi connectivity index (χ1v) is 10.1. The standard InChI is InChI=1S/C22H26FN5O4/c1-31-13-11-24-22(30)21(16-7-9-17(23)10-8-16)27(12-14-32-2)20(29)15-28-19-6-4-3-5-18(19)25-26-28/h3-10,21H,11-15H2,1-2H3,(H,24,30)/t21-/m0/s1. The molecule has 1 aromatic heterocycles. The number of carbonyl (C=O) groups is 2. The van der Waals surface area contributed by atoms with Crippen LogP contribution in [0.3, 0.4) is 0 Å². The number of hydrogen-bond acceptors (Lipinski definition) is 6. The summed E-state index contributed by atoms with van der Waals surface area (Å²) in [7, 11) is 3.04. The molecule has 2 aromatic carbocycles. The van der Waals surface area contributed by atoms with Gasteiger partial charge in [0.15, 0.2) is 0 Å². The Morgan fingerprint density at radius 2 is 1.81 bits per heavy atom. The van der Waals surface area contributed by atoms with E-state index in [1.807, 2.05) is 18.2 Å². The maximum Gasteiger partial charge on any atom is 0.247 e. The molecule has 170 valence electrons. The number of halogens is 1. The lowest BCUT2D eigenvalue weighted by atomic mass is 10.0. The van der Waals surface area contributed by atoms with Gasteiger partial charge in [0.25, 0.3) is 0 Å². The average Bonchev–Trinajstić information content (AvgIpc) is 3.20. The van der Waals surface area contributed by atoms with Crippen LogP contribution in [-0.4, -0.2) is 72.2 Å². The van der Waals surface area contributed by atoms with Gasteiger partial charge in [-0.15, -0.1) is 5.10 Å². The van der Waals surface area contributed by atoms with Crippen LogP contribution in [0.4, 0.5) is 4.39 Å². The van der Waals surface area contributed by atoms with Crippen LogP contribution >= 0.6 is 0 Å². The van der Waals surface area contributed by atoms with Crippen LogP contribution in [0.5, 0.6) is 0 Å². The molecule has 9 nitrogen and oxygen atoms in total. The molecule has 10 heteroatoms. The van der Waals surface area contributed by atoms with E-state index in [0.29, 0.717) is 23.2 Å². The second-order valence-corrected chi connectivity index (χ2v) is 7.05. The number of ether oxygens (including phenoxy) is 2. The number of benzene rings is 2. The second-order valence-electron chi connectivity index (χ2n) is 7.05. The number of nitrogens with one attached hydrogen (secondary N) is 1. The summed E-state index contributed by atoms with van der Waals surface area (Å²) in [5, 5.41) is 10.9. The van der Waals surface area contributed by atoms with Crippen molar-refractivity contribution in [1.82, 2.24) is 25.2 Å². The number of rotatable bonds is 11. The zero-order chi connectivity index (χ0) is 22.9. The van der Waals surface area contributed by atoms with Gasteiger partial charge in [0, 0.05) is 27.3 Å². The molecule has 0 aliphatic rings. The molecule has 0 fully saturated rings. The highest BCUT2D eigenvalue weighted by atomic mass is 19.1. The normalized spacial score (nSPS) is 12.0. The molecule has 1 N–H and O–H groups in total. The van der Waals surface area contributed by atoms with Crippen LogP contribution < -0.4 is 5.32 Å². The monoisotopic (exact) mass is 443 g/mol. The Hall–Kier alpha value is -3.37. The van der Waals surface area contributed by atoms with Gasteiger partial charge < -0.3 is 19.7 Å². The summed E-state index contributed by atoms with van der Waals surface area (Å²) in [6.45, 7) is 0.841. The molecule has 0 radical (unpaired) electrons. The maximum absolute atomic E-state index is 13.5. The Morgan fingerprint density at radius 3 is 2.53 bits per heavy atom. The number of para-hydroxylation sites is 1. The van der Waals surface area contributed by atoms with Crippen LogP contribution in [0.1, 0.15) is 11.6 Å². The van der Waals surface area contributed by atoms with Crippen LogP contribution in [0.2, 0.25) is 0 Å². The van der Waals surface area contributed by atoms with E-state index >= 15 is 0 Å². The molecule has 0 bridgehead atoms. The lowest BCUT2D eigenvalue weighted by molar-refractivity contribution is -0.142. The molecule has 0 saturated carbocycles. The third kappa shape index (κ3) is 5.65. The average molecular weight is 443 g/mol. The highest BCUT2D eigenvalue weighted by Crippen LogP contribution is 2.23. The van der Waals surface area contributed by atoms with Crippen molar-refractivity contribution in [1.29, 1.82) is 0 Å². The summed E-state index contributed by atoms with van der Waals surface area (Å²) >= 11 is 0. The van der Waals surface area contributed by atoms with Gasteiger partial charge in [-0.25, -0.2) is 9.07 Å². The van der Waals surface area contributed by atoms with E-state index < -0.39 is 17.8 Å². The second kappa shape index (κ2) is 11.3. The van der Waals surface area contributed by atoms with Gasteiger partial charge in [-0.3, -0.25) is 9.59 Å². The lowest BCUT2D eigenvalue weighted by Crippen LogP contribution is -2.46. The Bertz CT molecular complexity index is 1040. The molecule has 2 amide bonds. The Kier molecular flexibility index (Phi) is 8.23. The number of nitrogens with zero attached hydrogens (tertiary/aromatic N) is 4. The molecule has 1 atom stereocenters. The summed E-state index contributed by atoms with van der Waals surface area (Å²) in [6, 6.07) is 11.8. The minimum Gasteiger partial charge on any atom is -0.383 e. The van der Waals surface area contributed by atoms with Crippen molar-refractivity contribution >= 4 is 22.8 Å². The summed E-state index contributed by atoms with van der Waals surface area (Å²) in [5.41, 5.74) is 1.85. The highest BCUT2D eigenvalue weighted by Gasteiger charge is 2.31. The summed E-state index contributed by atoms with van der Waals surface area (Å²) in [5.74, 6) is -1.19. The molecule has 1 heterocycles.